The fourth-order valence-electron chi connectivity index (χ4n) is 5.89. The molecule has 3 heterocycles. The summed E-state index contributed by atoms with van der Waals surface area (Å²) in [6, 6.07) is 5.91. The summed E-state index contributed by atoms with van der Waals surface area (Å²) in [6.07, 6.45) is 4.21. The van der Waals surface area contributed by atoms with Gasteiger partial charge in [0.1, 0.15) is 23.3 Å². The van der Waals surface area contributed by atoms with Crippen molar-refractivity contribution in [1.29, 1.82) is 0 Å². The third-order valence-corrected chi connectivity index (χ3v) is 10.2. The zero-order valence-electron chi connectivity index (χ0n) is 23.9. The standard InChI is InChI=1S/C30H34F4N6O3S/c31-21-5-3-19(4-6-21)28(20-13-22(32)15-23(33)14-20)29(35)30(41)38-27-18-37-17-26(34)25(27)8-7-24-16-36-9-12-40(24)44(42,43)39-10-1-2-11-39/h3-6,13-15,17-18,24,28-29,36H,1-2,7-12,16,35H2,(H,38,41)/t24-,28-,29-/m0/s1. The fraction of sp³-hybridized carbons (Fsp3) is 0.400. The van der Waals surface area contributed by atoms with E-state index in [1.807, 2.05) is 0 Å². The van der Waals surface area contributed by atoms with Crippen LogP contribution in [0.2, 0.25) is 0 Å². The molecule has 1 aromatic heterocycles. The lowest BCUT2D eigenvalue weighted by molar-refractivity contribution is -0.117. The van der Waals surface area contributed by atoms with Crippen molar-refractivity contribution in [3.05, 3.63) is 94.8 Å². The number of nitrogens with one attached hydrogen (secondary N) is 2. The molecule has 1 amide bonds. The molecule has 44 heavy (non-hydrogen) atoms. The second-order valence-corrected chi connectivity index (χ2v) is 12.9. The molecule has 2 saturated heterocycles. The first-order valence-electron chi connectivity index (χ1n) is 14.4. The molecular formula is C30H34F4N6O3S. The summed E-state index contributed by atoms with van der Waals surface area (Å²) < 4.78 is 86.7. The first-order chi connectivity index (χ1) is 21.0. The molecule has 0 unspecified atom stereocenters. The van der Waals surface area contributed by atoms with Gasteiger partial charge in [0.05, 0.1) is 24.1 Å². The van der Waals surface area contributed by atoms with Crippen molar-refractivity contribution in [2.45, 2.75) is 43.7 Å². The Morgan fingerprint density at radius 3 is 2.34 bits per heavy atom. The van der Waals surface area contributed by atoms with Crippen molar-refractivity contribution in [1.82, 2.24) is 18.9 Å². The van der Waals surface area contributed by atoms with Crippen LogP contribution in [-0.2, 0) is 21.4 Å². The van der Waals surface area contributed by atoms with Gasteiger partial charge in [-0.2, -0.15) is 17.0 Å². The van der Waals surface area contributed by atoms with Crippen LogP contribution in [0.4, 0.5) is 23.2 Å². The van der Waals surface area contributed by atoms with Gasteiger partial charge in [0, 0.05) is 56.3 Å². The molecule has 3 aromatic rings. The highest BCUT2D eigenvalue weighted by molar-refractivity contribution is 7.86. The van der Waals surface area contributed by atoms with Crippen LogP contribution in [-0.4, -0.2) is 72.7 Å². The van der Waals surface area contributed by atoms with Gasteiger partial charge in [-0.25, -0.2) is 17.6 Å². The number of hydrogen-bond acceptors (Lipinski definition) is 6. The summed E-state index contributed by atoms with van der Waals surface area (Å²) in [4.78, 5) is 17.3. The zero-order chi connectivity index (χ0) is 31.4. The SMILES string of the molecule is N[C@H](C(=O)Nc1cncc(F)c1CC[C@H]1CNCCN1S(=O)(=O)N1CCCC1)[C@@H](c1ccc(F)cc1)c1cc(F)cc(F)c1. The van der Waals surface area contributed by atoms with Crippen LogP contribution in [0.3, 0.4) is 0 Å². The molecule has 0 saturated carbocycles. The maximum absolute atomic E-state index is 15.1. The molecule has 3 atom stereocenters. The Bertz CT molecular complexity index is 1570. The number of hydrogen-bond donors (Lipinski definition) is 3. The van der Waals surface area contributed by atoms with Gasteiger partial charge in [-0.15, -0.1) is 0 Å². The van der Waals surface area contributed by atoms with E-state index < -0.39 is 57.4 Å². The highest BCUT2D eigenvalue weighted by Crippen LogP contribution is 2.31. The predicted octanol–water partition coefficient (Wildman–Crippen LogP) is 3.28. The Kier molecular flexibility index (Phi) is 9.95. The molecule has 2 aliphatic rings. The summed E-state index contributed by atoms with van der Waals surface area (Å²) in [5.74, 6) is -4.88. The first-order valence-corrected chi connectivity index (χ1v) is 15.8. The highest BCUT2D eigenvalue weighted by Gasteiger charge is 2.37. The number of nitrogens with two attached hydrogens (primary N) is 1. The molecule has 14 heteroatoms. The summed E-state index contributed by atoms with van der Waals surface area (Å²) in [5.41, 5.74) is 6.90. The number of carbonyl (C=O) groups is 1. The molecule has 0 bridgehead atoms. The number of amides is 1. The Hall–Kier alpha value is -3.43. The number of halogens is 4. The van der Waals surface area contributed by atoms with E-state index >= 15 is 4.39 Å². The normalized spacial score (nSPS) is 19.5. The van der Waals surface area contributed by atoms with Crippen molar-refractivity contribution in [2.75, 3.05) is 38.0 Å². The summed E-state index contributed by atoms with van der Waals surface area (Å²) in [6.45, 7) is 2.10. The summed E-state index contributed by atoms with van der Waals surface area (Å²) in [7, 11) is -3.68. The van der Waals surface area contributed by atoms with Gasteiger partial charge in [0.25, 0.3) is 10.2 Å². The van der Waals surface area contributed by atoms with Crippen molar-refractivity contribution in [3.8, 4) is 0 Å². The summed E-state index contributed by atoms with van der Waals surface area (Å²) in [5, 5.41) is 5.80. The number of rotatable bonds is 10. The van der Waals surface area contributed by atoms with E-state index in [0.717, 1.165) is 43.3 Å². The lowest BCUT2D eigenvalue weighted by Gasteiger charge is -2.37. The van der Waals surface area contributed by atoms with Gasteiger partial charge in [0.2, 0.25) is 5.91 Å². The second-order valence-electron chi connectivity index (χ2n) is 11.0. The van der Waals surface area contributed by atoms with Crippen LogP contribution < -0.4 is 16.4 Å². The van der Waals surface area contributed by atoms with Crippen LogP contribution >= 0.6 is 0 Å². The Morgan fingerprint density at radius 2 is 1.66 bits per heavy atom. The van der Waals surface area contributed by atoms with Gasteiger partial charge < -0.3 is 16.4 Å². The molecule has 236 valence electrons. The van der Waals surface area contributed by atoms with E-state index in [-0.39, 0.29) is 36.2 Å². The second kappa shape index (κ2) is 13.7. The topological polar surface area (TPSA) is 121 Å². The largest absolute Gasteiger partial charge is 0.323 e. The third-order valence-electron chi connectivity index (χ3n) is 8.11. The average molecular weight is 635 g/mol. The van der Waals surface area contributed by atoms with Gasteiger partial charge in [0.15, 0.2) is 0 Å². The van der Waals surface area contributed by atoms with Crippen molar-refractivity contribution in [2.24, 2.45) is 5.73 Å². The molecular weight excluding hydrogens is 600 g/mol. The van der Waals surface area contributed by atoms with E-state index in [1.54, 1.807) is 0 Å². The first kappa shape index (κ1) is 32.0. The molecule has 2 aliphatic heterocycles. The van der Waals surface area contributed by atoms with Crippen LogP contribution in [0, 0.1) is 23.3 Å². The van der Waals surface area contributed by atoms with E-state index in [0.29, 0.717) is 37.8 Å². The monoisotopic (exact) mass is 634 g/mol. The van der Waals surface area contributed by atoms with Crippen molar-refractivity contribution >= 4 is 21.8 Å². The van der Waals surface area contributed by atoms with E-state index in [4.69, 9.17) is 5.73 Å². The van der Waals surface area contributed by atoms with Crippen LogP contribution in [0.5, 0.6) is 0 Å². The Labute approximate surface area is 253 Å². The molecule has 2 aromatic carbocycles. The number of piperazine rings is 1. The third kappa shape index (κ3) is 7.10. The van der Waals surface area contributed by atoms with Crippen LogP contribution in [0.25, 0.3) is 0 Å². The Morgan fingerprint density at radius 1 is 0.977 bits per heavy atom. The smallest absolute Gasteiger partial charge is 0.282 e. The number of pyridine rings is 1. The minimum Gasteiger partial charge on any atom is -0.323 e. The molecule has 5 rings (SSSR count). The average Bonchev–Trinajstić information content (AvgIpc) is 3.54. The minimum absolute atomic E-state index is 0.0337. The minimum atomic E-state index is -3.68. The Balaban J connectivity index is 1.37. The lowest BCUT2D eigenvalue weighted by Crippen LogP contribution is -2.57. The zero-order valence-corrected chi connectivity index (χ0v) is 24.7. The molecule has 0 radical (unpaired) electrons. The molecule has 0 spiro atoms. The molecule has 0 aliphatic carbocycles. The summed E-state index contributed by atoms with van der Waals surface area (Å²) >= 11 is 0. The predicted molar refractivity (Wildman–Crippen MR) is 157 cm³/mol. The maximum atomic E-state index is 15.1. The quantitative estimate of drug-likeness (QED) is 0.295. The number of nitrogens with zero attached hydrogens (tertiary/aromatic N) is 3. The number of carbonyl (C=O) groups excluding carboxylic acids is 1. The van der Waals surface area contributed by atoms with Gasteiger partial charge in [-0.1, -0.05) is 12.1 Å². The molecule has 2 fully saturated rings. The molecule has 4 N–H and O–H groups in total. The van der Waals surface area contributed by atoms with Crippen molar-refractivity contribution < 1.29 is 30.8 Å². The van der Waals surface area contributed by atoms with Gasteiger partial charge in [-0.05, 0) is 61.1 Å². The van der Waals surface area contributed by atoms with Crippen LogP contribution in [0.15, 0.2) is 54.9 Å². The number of aromatic nitrogens is 1. The number of anilines is 1. The van der Waals surface area contributed by atoms with E-state index in [2.05, 4.69) is 15.6 Å². The maximum Gasteiger partial charge on any atom is 0.282 e. The highest BCUT2D eigenvalue weighted by atomic mass is 32.2. The molecule has 9 nitrogen and oxygen atoms in total. The van der Waals surface area contributed by atoms with Crippen LogP contribution in [0.1, 0.15) is 41.9 Å². The van der Waals surface area contributed by atoms with E-state index in [1.165, 1.54) is 26.9 Å². The van der Waals surface area contributed by atoms with Gasteiger partial charge in [-0.3, -0.25) is 9.78 Å². The van der Waals surface area contributed by atoms with Crippen molar-refractivity contribution in [3.63, 3.8) is 0 Å². The lowest BCUT2D eigenvalue weighted by atomic mass is 9.84. The van der Waals surface area contributed by atoms with Gasteiger partial charge >= 0.3 is 0 Å². The van der Waals surface area contributed by atoms with E-state index in [9.17, 15) is 26.4 Å². The fourth-order valence-corrected chi connectivity index (χ4v) is 7.79. The number of benzene rings is 2.